The van der Waals surface area contributed by atoms with Gasteiger partial charge in [-0.1, -0.05) is 72.3 Å². The zero-order chi connectivity index (χ0) is 23.5. The van der Waals surface area contributed by atoms with Gasteiger partial charge in [-0.15, -0.1) is 0 Å². The summed E-state index contributed by atoms with van der Waals surface area (Å²) in [5.41, 5.74) is 2.04. The van der Waals surface area contributed by atoms with Crippen LogP contribution in [0.25, 0.3) is 11.0 Å². The topological polar surface area (TPSA) is 58.4 Å². The van der Waals surface area contributed by atoms with E-state index in [1.807, 2.05) is 60.7 Å². The summed E-state index contributed by atoms with van der Waals surface area (Å²) in [5.74, 6) is -0.651. The van der Waals surface area contributed by atoms with Crippen molar-refractivity contribution in [3.8, 4) is 0 Å². The predicted octanol–water partition coefficient (Wildman–Crippen LogP) is 5.26. The number of hydrogen-bond donors (Lipinski definition) is 0. The van der Waals surface area contributed by atoms with Crippen molar-refractivity contribution >= 4 is 22.6 Å². The summed E-state index contributed by atoms with van der Waals surface area (Å²) >= 11 is 6.04. The molecule has 4 aromatic rings. The molecule has 1 aliphatic heterocycles. The molecule has 0 saturated carbocycles. The van der Waals surface area contributed by atoms with E-state index in [4.69, 9.17) is 25.8 Å². The lowest BCUT2D eigenvalue weighted by Crippen LogP contribution is -2.34. The van der Waals surface area contributed by atoms with E-state index in [-0.39, 0.29) is 29.4 Å². The van der Waals surface area contributed by atoms with Crippen LogP contribution in [-0.2, 0) is 27.4 Å². The summed E-state index contributed by atoms with van der Waals surface area (Å²) in [4.78, 5) is 7.91. The van der Waals surface area contributed by atoms with Crippen molar-refractivity contribution in [3.05, 3.63) is 95.3 Å². The second-order valence-electron chi connectivity index (χ2n) is 8.02. The Morgan fingerprint density at radius 1 is 0.971 bits per heavy atom. The number of ether oxygens (including phenoxy) is 3. The monoisotopic (exact) mass is 485 g/mol. The van der Waals surface area contributed by atoms with Gasteiger partial charge >= 0.3 is 0 Å². The molecule has 1 fully saturated rings. The van der Waals surface area contributed by atoms with Gasteiger partial charge in [0.05, 0.1) is 25.2 Å². The zero-order valence-electron chi connectivity index (χ0n) is 18.1. The molecule has 1 aliphatic rings. The Morgan fingerprint density at radius 2 is 1.65 bits per heavy atom. The second kappa shape index (κ2) is 10.1. The minimum atomic E-state index is -1.60. The number of hydrogen-bond acceptors (Lipinski definition) is 5. The number of alkyl halides is 1. The fraction of sp³-hybridized carbons (Fsp3) is 0.280. The number of nitrogens with zero attached hydrogens (tertiary/aromatic N) is 3. The summed E-state index contributed by atoms with van der Waals surface area (Å²) in [5, 5.41) is -0.0280. The lowest BCUT2D eigenvalue weighted by Gasteiger charge is -2.20. The highest BCUT2D eigenvalue weighted by Gasteiger charge is 2.47. The summed E-state index contributed by atoms with van der Waals surface area (Å²) in [6, 6.07) is 19.1. The van der Waals surface area contributed by atoms with Gasteiger partial charge < -0.3 is 14.2 Å². The minimum absolute atomic E-state index is 0.0190. The smallest absolute Gasteiger partial charge is 0.174 e. The van der Waals surface area contributed by atoms with Crippen LogP contribution in [0.15, 0.2) is 73.2 Å². The molecule has 1 saturated heterocycles. The summed E-state index contributed by atoms with van der Waals surface area (Å²) in [7, 11) is 0. The first-order valence-corrected chi connectivity index (χ1v) is 11.2. The Morgan fingerprint density at radius 3 is 2.35 bits per heavy atom. The van der Waals surface area contributed by atoms with Crippen molar-refractivity contribution in [2.75, 3.05) is 6.61 Å². The average Bonchev–Trinajstić information content (AvgIpc) is 3.36. The predicted molar refractivity (Wildman–Crippen MR) is 122 cm³/mol. The first-order valence-electron chi connectivity index (χ1n) is 10.8. The minimum Gasteiger partial charge on any atom is -0.374 e. The maximum atomic E-state index is 15.8. The first kappa shape index (κ1) is 22.9. The Bertz CT molecular complexity index is 1240. The lowest BCUT2D eigenvalue weighted by molar-refractivity contribution is -0.0819. The second-order valence-corrected chi connectivity index (χ2v) is 8.38. The van der Waals surface area contributed by atoms with Crippen LogP contribution in [0.3, 0.4) is 0 Å². The van der Waals surface area contributed by atoms with Crippen LogP contribution < -0.4 is 0 Å². The van der Waals surface area contributed by atoms with Crippen molar-refractivity contribution in [1.82, 2.24) is 14.5 Å². The van der Waals surface area contributed by atoms with E-state index < -0.39 is 30.4 Å². The van der Waals surface area contributed by atoms with Crippen molar-refractivity contribution < 1.29 is 23.0 Å². The van der Waals surface area contributed by atoms with Crippen LogP contribution in [0.4, 0.5) is 8.78 Å². The quantitative estimate of drug-likeness (QED) is 0.319. The van der Waals surface area contributed by atoms with E-state index in [1.165, 1.54) is 10.9 Å². The molecule has 2 aromatic heterocycles. The van der Waals surface area contributed by atoms with Crippen molar-refractivity contribution in [1.29, 1.82) is 0 Å². The standard InChI is InChI=1S/C25H22ClF2N3O3/c26-23-20-18(27)11-31(24(20)30-15-29-23)25-21(28)22(33-13-17-9-5-2-6-10-17)19(34-25)14-32-12-16-7-3-1-4-8-16/h1-11,15,19,21-22,25H,12-14H2/t19-,21-,22-,25-/m1/s1. The third-order valence-corrected chi connectivity index (χ3v) is 6.02. The Labute approximate surface area is 200 Å². The van der Waals surface area contributed by atoms with Crippen molar-refractivity contribution in [3.63, 3.8) is 0 Å². The van der Waals surface area contributed by atoms with Gasteiger partial charge in [-0.05, 0) is 11.1 Å². The molecule has 0 aliphatic carbocycles. The molecule has 0 radical (unpaired) electrons. The van der Waals surface area contributed by atoms with E-state index >= 15 is 4.39 Å². The van der Waals surface area contributed by atoms with Crippen LogP contribution in [0, 0.1) is 5.82 Å². The van der Waals surface area contributed by atoms with E-state index in [9.17, 15) is 4.39 Å². The van der Waals surface area contributed by atoms with Gasteiger partial charge in [-0.2, -0.15) is 0 Å². The molecule has 34 heavy (non-hydrogen) atoms. The molecule has 3 heterocycles. The summed E-state index contributed by atoms with van der Waals surface area (Å²) in [6.07, 6.45) is -2.08. The third kappa shape index (κ3) is 4.67. The fourth-order valence-corrected chi connectivity index (χ4v) is 4.30. The number of aromatic nitrogens is 3. The van der Waals surface area contributed by atoms with Crippen LogP contribution in [0.1, 0.15) is 17.4 Å². The highest BCUT2D eigenvalue weighted by molar-refractivity contribution is 6.34. The number of rotatable bonds is 8. The molecule has 0 N–H and O–H groups in total. The number of halogens is 3. The summed E-state index contributed by atoms with van der Waals surface area (Å²) in [6.45, 7) is 0.645. The van der Waals surface area contributed by atoms with Crippen molar-refractivity contribution in [2.24, 2.45) is 0 Å². The molecular weight excluding hydrogens is 464 g/mol. The number of benzene rings is 2. The highest BCUT2D eigenvalue weighted by Crippen LogP contribution is 2.38. The molecule has 9 heteroatoms. The van der Waals surface area contributed by atoms with E-state index in [0.29, 0.717) is 6.61 Å². The van der Waals surface area contributed by atoms with Crippen LogP contribution in [0.2, 0.25) is 5.15 Å². The number of fused-ring (bicyclic) bond motifs is 1. The van der Waals surface area contributed by atoms with E-state index in [1.54, 1.807) is 0 Å². The molecule has 0 unspecified atom stereocenters. The largest absolute Gasteiger partial charge is 0.374 e. The lowest BCUT2D eigenvalue weighted by atomic mass is 10.1. The van der Waals surface area contributed by atoms with Gasteiger partial charge in [-0.3, -0.25) is 4.57 Å². The Balaban J connectivity index is 1.37. The highest BCUT2D eigenvalue weighted by atomic mass is 35.5. The van der Waals surface area contributed by atoms with Gasteiger partial charge in [0.1, 0.15) is 29.3 Å². The van der Waals surface area contributed by atoms with Crippen molar-refractivity contribution in [2.45, 2.75) is 37.8 Å². The maximum absolute atomic E-state index is 15.8. The molecule has 0 bridgehead atoms. The molecule has 6 nitrogen and oxygen atoms in total. The van der Waals surface area contributed by atoms with Gasteiger partial charge in [0.15, 0.2) is 18.2 Å². The zero-order valence-corrected chi connectivity index (χ0v) is 18.8. The SMILES string of the molecule is Fc1cn([C@@H]2O[C@H](COCc3ccccc3)[C@@H](OCc3ccccc3)[C@H]2F)c2ncnc(Cl)c12. The molecule has 2 aromatic carbocycles. The van der Waals surface area contributed by atoms with Crippen LogP contribution in [0.5, 0.6) is 0 Å². The first-order chi connectivity index (χ1) is 16.6. The van der Waals surface area contributed by atoms with Crippen LogP contribution >= 0.6 is 11.6 Å². The third-order valence-electron chi connectivity index (χ3n) is 5.74. The molecular formula is C25H22ClF2N3O3. The molecule has 5 rings (SSSR count). The average molecular weight is 486 g/mol. The van der Waals surface area contributed by atoms with Gasteiger partial charge in [0.2, 0.25) is 0 Å². The van der Waals surface area contributed by atoms with Gasteiger partial charge in [-0.25, -0.2) is 18.7 Å². The molecule has 0 amide bonds. The van der Waals surface area contributed by atoms with E-state index in [2.05, 4.69) is 9.97 Å². The molecule has 176 valence electrons. The molecule has 4 atom stereocenters. The maximum Gasteiger partial charge on any atom is 0.174 e. The normalized spacial score (nSPS) is 22.4. The van der Waals surface area contributed by atoms with Gasteiger partial charge in [0, 0.05) is 6.20 Å². The van der Waals surface area contributed by atoms with Gasteiger partial charge in [0.25, 0.3) is 0 Å². The van der Waals surface area contributed by atoms with Crippen LogP contribution in [-0.4, -0.2) is 39.5 Å². The molecule has 0 spiro atoms. The Hall–Kier alpha value is -2.91. The van der Waals surface area contributed by atoms with E-state index in [0.717, 1.165) is 17.3 Å². The summed E-state index contributed by atoms with van der Waals surface area (Å²) < 4.78 is 49.5. The Kier molecular flexibility index (Phi) is 6.82. The fourth-order valence-electron chi connectivity index (χ4n) is 4.08.